The van der Waals surface area contributed by atoms with E-state index in [0.717, 1.165) is 25.0 Å². The first-order chi connectivity index (χ1) is 9.88. The van der Waals surface area contributed by atoms with Crippen molar-refractivity contribution in [2.75, 3.05) is 6.61 Å². The lowest BCUT2D eigenvalue weighted by Gasteiger charge is -2.12. The molecule has 0 saturated carbocycles. The van der Waals surface area contributed by atoms with Gasteiger partial charge in [-0.15, -0.1) is 0 Å². The highest BCUT2D eigenvalue weighted by Crippen LogP contribution is 2.15. The molecule has 0 radical (unpaired) electrons. The first kappa shape index (κ1) is 16.8. The predicted molar refractivity (Wildman–Crippen MR) is 75.0 cm³/mol. The number of hydrogen-bond acceptors (Lipinski definition) is 4. The fourth-order valence-electron chi connectivity index (χ4n) is 1.78. The molecule has 0 aliphatic carbocycles. The van der Waals surface area contributed by atoms with Crippen LogP contribution in [0.5, 0.6) is 0 Å². The number of rotatable bonds is 8. The van der Waals surface area contributed by atoms with E-state index in [1.165, 1.54) is 6.07 Å². The largest absolute Gasteiger partial charge is 0.478 e. The maximum atomic E-state index is 12.1. The zero-order valence-electron chi connectivity index (χ0n) is 12.0. The van der Waals surface area contributed by atoms with Gasteiger partial charge in [0.25, 0.3) is 0 Å². The predicted octanol–water partition coefficient (Wildman–Crippen LogP) is 2.47. The Morgan fingerprint density at radius 2 is 1.76 bits per heavy atom. The van der Waals surface area contributed by atoms with E-state index in [2.05, 4.69) is 0 Å². The Balaban J connectivity index is 2.98. The van der Waals surface area contributed by atoms with Crippen LogP contribution in [0.2, 0.25) is 0 Å². The fourth-order valence-corrected chi connectivity index (χ4v) is 1.78. The highest BCUT2D eigenvalue weighted by atomic mass is 16.5. The number of carboxylic acid groups (broad SMARTS) is 2. The van der Waals surface area contributed by atoms with Crippen molar-refractivity contribution in [3.8, 4) is 0 Å². The number of aromatic carboxylic acids is 2. The Bertz CT molecular complexity index is 549. The van der Waals surface area contributed by atoms with Crippen LogP contribution in [0.3, 0.4) is 0 Å². The molecule has 6 heteroatoms. The van der Waals surface area contributed by atoms with E-state index in [-0.39, 0.29) is 16.9 Å². The summed E-state index contributed by atoms with van der Waals surface area (Å²) in [5.74, 6) is -3.11. The molecule has 1 atom stereocenters. The van der Waals surface area contributed by atoms with Gasteiger partial charge in [0.05, 0.1) is 11.1 Å². The number of ketones is 1. The van der Waals surface area contributed by atoms with Crippen LogP contribution in [0.15, 0.2) is 18.2 Å². The molecular formula is C15H18O6. The summed E-state index contributed by atoms with van der Waals surface area (Å²) in [4.78, 5) is 34.1. The minimum absolute atomic E-state index is 0.126. The summed E-state index contributed by atoms with van der Waals surface area (Å²) in [7, 11) is 0. The monoisotopic (exact) mass is 294 g/mol. The molecule has 1 unspecified atom stereocenters. The van der Waals surface area contributed by atoms with Gasteiger partial charge in [-0.1, -0.05) is 19.4 Å². The lowest BCUT2D eigenvalue weighted by Crippen LogP contribution is -2.22. The molecule has 1 aromatic rings. The molecule has 114 valence electrons. The number of hydrogen-bond donors (Lipinski definition) is 2. The molecule has 1 aromatic carbocycles. The summed E-state index contributed by atoms with van der Waals surface area (Å²) in [6, 6.07) is 3.50. The molecule has 0 amide bonds. The average Bonchev–Trinajstić information content (AvgIpc) is 2.45. The van der Waals surface area contributed by atoms with Crippen LogP contribution in [0.1, 0.15) is 57.8 Å². The van der Waals surface area contributed by atoms with E-state index in [4.69, 9.17) is 14.9 Å². The number of benzene rings is 1. The van der Waals surface area contributed by atoms with Gasteiger partial charge in [0.15, 0.2) is 5.78 Å². The third-order valence-corrected chi connectivity index (χ3v) is 3.00. The van der Waals surface area contributed by atoms with E-state index < -0.39 is 23.6 Å². The lowest BCUT2D eigenvalue weighted by molar-refractivity contribution is 0.0467. The summed E-state index contributed by atoms with van der Waals surface area (Å²) in [5.41, 5.74) is -0.630. The Hall–Kier alpha value is -2.21. The van der Waals surface area contributed by atoms with Gasteiger partial charge in [-0.3, -0.25) is 4.79 Å². The first-order valence-electron chi connectivity index (χ1n) is 6.65. The van der Waals surface area contributed by atoms with Gasteiger partial charge in [-0.05, 0) is 25.5 Å². The number of unbranched alkanes of at least 4 members (excludes halogenated alkanes) is 1. The van der Waals surface area contributed by atoms with Crippen molar-refractivity contribution in [3.05, 3.63) is 34.9 Å². The van der Waals surface area contributed by atoms with Gasteiger partial charge in [0.2, 0.25) is 0 Å². The number of ether oxygens (including phenoxy) is 1. The van der Waals surface area contributed by atoms with E-state index in [1.807, 2.05) is 6.92 Å². The Kier molecular flexibility index (Phi) is 6.05. The fraction of sp³-hybridized carbons (Fsp3) is 0.400. The Morgan fingerprint density at radius 3 is 2.29 bits per heavy atom. The summed E-state index contributed by atoms with van der Waals surface area (Å²) in [6.07, 6.45) is 1.07. The number of carbonyl (C=O) groups is 3. The van der Waals surface area contributed by atoms with Crippen LogP contribution >= 0.6 is 0 Å². The maximum Gasteiger partial charge on any atom is 0.336 e. The van der Waals surface area contributed by atoms with Crippen LogP contribution in [0.4, 0.5) is 0 Å². The van der Waals surface area contributed by atoms with Gasteiger partial charge in [-0.25, -0.2) is 9.59 Å². The van der Waals surface area contributed by atoms with Gasteiger partial charge in [-0.2, -0.15) is 0 Å². The minimum Gasteiger partial charge on any atom is -0.478 e. The van der Waals surface area contributed by atoms with Crippen molar-refractivity contribution in [3.63, 3.8) is 0 Å². The van der Waals surface area contributed by atoms with E-state index >= 15 is 0 Å². The van der Waals surface area contributed by atoms with Crippen molar-refractivity contribution in [1.82, 2.24) is 0 Å². The molecule has 0 aliphatic heterocycles. The third-order valence-electron chi connectivity index (χ3n) is 3.00. The standard InChI is InChI=1S/C15H18O6/c1-3-4-7-21-9(2)13(16)10-5-6-11(14(17)18)12(8-10)15(19)20/h5-6,8-9H,3-4,7H2,1-2H3,(H,17,18)(H,19,20). The first-order valence-corrected chi connectivity index (χ1v) is 6.65. The number of carbonyl (C=O) groups excluding carboxylic acids is 1. The van der Waals surface area contributed by atoms with Crippen LogP contribution < -0.4 is 0 Å². The quantitative estimate of drug-likeness (QED) is 0.564. The third kappa shape index (κ3) is 4.39. The summed E-state index contributed by atoms with van der Waals surface area (Å²) < 4.78 is 5.36. The second-order valence-corrected chi connectivity index (χ2v) is 4.60. The van der Waals surface area contributed by atoms with Gasteiger partial charge >= 0.3 is 11.9 Å². The van der Waals surface area contributed by atoms with Gasteiger partial charge in [0.1, 0.15) is 6.10 Å². The second-order valence-electron chi connectivity index (χ2n) is 4.60. The molecule has 0 heterocycles. The molecule has 0 saturated heterocycles. The van der Waals surface area contributed by atoms with Gasteiger partial charge in [0, 0.05) is 12.2 Å². The van der Waals surface area contributed by atoms with Crippen molar-refractivity contribution in [2.24, 2.45) is 0 Å². The topological polar surface area (TPSA) is 101 Å². The van der Waals surface area contributed by atoms with Crippen LogP contribution in [0.25, 0.3) is 0 Å². The van der Waals surface area contributed by atoms with E-state index in [0.29, 0.717) is 6.61 Å². The smallest absolute Gasteiger partial charge is 0.336 e. The van der Waals surface area contributed by atoms with Crippen molar-refractivity contribution in [2.45, 2.75) is 32.8 Å². The molecular weight excluding hydrogens is 276 g/mol. The molecule has 0 aromatic heterocycles. The molecule has 1 rings (SSSR count). The second kappa shape index (κ2) is 7.54. The SMILES string of the molecule is CCCCOC(C)C(=O)c1ccc(C(=O)O)c(C(=O)O)c1. The van der Waals surface area contributed by atoms with Crippen LogP contribution in [-0.2, 0) is 4.74 Å². The summed E-state index contributed by atoms with van der Waals surface area (Å²) >= 11 is 0. The average molecular weight is 294 g/mol. The molecule has 6 nitrogen and oxygen atoms in total. The van der Waals surface area contributed by atoms with E-state index in [9.17, 15) is 14.4 Å². The maximum absolute atomic E-state index is 12.1. The van der Waals surface area contributed by atoms with Crippen molar-refractivity contribution < 1.29 is 29.3 Å². The number of Topliss-reactive ketones (excluding diaryl/α,β-unsaturated/α-hetero) is 1. The molecule has 0 bridgehead atoms. The molecule has 0 aliphatic rings. The molecule has 2 N–H and O–H groups in total. The lowest BCUT2D eigenvalue weighted by atomic mass is 10.00. The van der Waals surface area contributed by atoms with Crippen LogP contribution in [0, 0.1) is 0 Å². The molecule has 0 fully saturated rings. The summed E-state index contributed by atoms with van der Waals surface area (Å²) in [5, 5.41) is 18.0. The zero-order chi connectivity index (χ0) is 16.0. The summed E-state index contributed by atoms with van der Waals surface area (Å²) in [6.45, 7) is 4.03. The highest BCUT2D eigenvalue weighted by Gasteiger charge is 2.21. The Morgan fingerprint density at radius 1 is 1.14 bits per heavy atom. The number of carboxylic acids is 2. The highest BCUT2D eigenvalue weighted by molar-refractivity contribution is 6.06. The zero-order valence-corrected chi connectivity index (χ0v) is 12.0. The van der Waals surface area contributed by atoms with Gasteiger partial charge < -0.3 is 14.9 Å². The Labute approximate surface area is 122 Å². The van der Waals surface area contributed by atoms with E-state index in [1.54, 1.807) is 6.92 Å². The molecule has 0 spiro atoms. The van der Waals surface area contributed by atoms with Crippen molar-refractivity contribution in [1.29, 1.82) is 0 Å². The normalized spacial score (nSPS) is 11.9. The van der Waals surface area contributed by atoms with Crippen molar-refractivity contribution >= 4 is 17.7 Å². The van der Waals surface area contributed by atoms with Crippen LogP contribution in [-0.4, -0.2) is 40.6 Å². The minimum atomic E-state index is -1.39. The molecule has 21 heavy (non-hydrogen) atoms.